The van der Waals surface area contributed by atoms with Gasteiger partial charge in [0.25, 0.3) is 5.69 Å². The van der Waals surface area contributed by atoms with E-state index >= 15 is 0 Å². The lowest BCUT2D eigenvalue weighted by molar-refractivity contribution is -0.383. The molecule has 0 radical (unpaired) electrons. The molecule has 2 aromatic carbocycles. The minimum absolute atomic E-state index is 0.0300. The van der Waals surface area contributed by atoms with Crippen molar-refractivity contribution in [2.75, 3.05) is 5.32 Å². The van der Waals surface area contributed by atoms with E-state index in [4.69, 9.17) is 0 Å². The number of benzene rings is 2. The normalized spacial score (nSPS) is 10.2. The van der Waals surface area contributed by atoms with E-state index in [1.807, 2.05) is 19.9 Å². The van der Waals surface area contributed by atoms with Crippen LogP contribution in [0, 0.1) is 24.0 Å². The van der Waals surface area contributed by atoms with Crippen LogP contribution in [0.4, 0.5) is 11.4 Å². The van der Waals surface area contributed by atoms with E-state index in [2.05, 4.69) is 5.32 Å². The Balaban J connectivity index is 1.97. The third kappa shape index (κ3) is 4.25. The van der Waals surface area contributed by atoms with Crippen molar-refractivity contribution in [1.29, 1.82) is 0 Å². The van der Waals surface area contributed by atoms with Crippen LogP contribution in [0.5, 0.6) is 0 Å². The fraction of sp³-hybridized carbons (Fsp3) is 0.222. The van der Waals surface area contributed by atoms with Gasteiger partial charge >= 0.3 is 0 Å². The number of nitro benzene ring substituents is 1. The topological polar surface area (TPSA) is 89.3 Å². The van der Waals surface area contributed by atoms with Crippen molar-refractivity contribution in [2.24, 2.45) is 0 Å². The number of nitro groups is 1. The molecule has 0 aliphatic rings. The fourth-order valence-corrected chi connectivity index (χ4v) is 2.24. The maximum atomic E-state index is 12.2. The molecule has 1 amide bonds. The molecule has 0 aliphatic carbocycles. The van der Waals surface area contributed by atoms with Gasteiger partial charge in [0.2, 0.25) is 5.91 Å². The van der Waals surface area contributed by atoms with Crippen LogP contribution in [0.1, 0.15) is 34.3 Å². The van der Waals surface area contributed by atoms with Gasteiger partial charge in [-0.25, -0.2) is 0 Å². The number of nitrogens with zero attached hydrogens (tertiary/aromatic N) is 1. The quantitative estimate of drug-likeness (QED) is 0.496. The van der Waals surface area contributed by atoms with Gasteiger partial charge < -0.3 is 5.32 Å². The van der Waals surface area contributed by atoms with Gasteiger partial charge in [-0.05, 0) is 37.1 Å². The number of nitrogens with one attached hydrogen (secondary N) is 1. The highest BCUT2D eigenvalue weighted by molar-refractivity contribution is 6.00. The average Bonchev–Trinajstić information content (AvgIpc) is 2.55. The summed E-state index contributed by atoms with van der Waals surface area (Å²) in [5.41, 5.74) is 2.64. The van der Waals surface area contributed by atoms with Crippen LogP contribution in [0.15, 0.2) is 42.5 Å². The fourth-order valence-electron chi connectivity index (χ4n) is 2.24. The minimum Gasteiger partial charge on any atom is -0.320 e. The van der Waals surface area contributed by atoms with Crippen molar-refractivity contribution in [2.45, 2.75) is 26.7 Å². The first-order valence-corrected chi connectivity index (χ1v) is 7.52. The summed E-state index contributed by atoms with van der Waals surface area (Å²) in [6.45, 7) is 3.89. The number of carbonyl (C=O) groups is 2. The Morgan fingerprint density at radius 3 is 2.42 bits per heavy atom. The standard InChI is InChI=1S/C18H18N2O4/c1-12-7-8-14(11-13(12)2)17(21)9-10-18(22)19-15-5-3-4-6-16(15)20(23)24/h3-8,11H,9-10H2,1-2H3,(H,19,22). The van der Waals surface area contributed by atoms with Crippen molar-refractivity contribution in [3.05, 3.63) is 69.3 Å². The molecule has 24 heavy (non-hydrogen) atoms. The first-order chi connectivity index (χ1) is 11.4. The van der Waals surface area contributed by atoms with Crippen LogP contribution in [0.2, 0.25) is 0 Å². The second kappa shape index (κ2) is 7.50. The smallest absolute Gasteiger partial charge is 0.292 e. The summed E-state index contributed by atoms with van der Waals surface area (Å²) in [4.78, 5) is 34.5. The summed E-state index contributed by atoms with van der Waals surface area (Å²) in [6, 6.07) is 11.3. The second-order valence-electron chi connectivity index (χ2n) is 5.54. The summed E-state index contributed by atoms with van der Waals surface area (Å²) < 4.78 is 0. The van der Waals surface area contributed by atoms with E-state index in [1.165, 1.54) is 18.2 Å². The summed E-state index contributed by atoms with van der Waals surface area (Å²) in [5.74, 6) is -0.558. The van der Waals surface area contributed by atoms with Gasteiger partial charge in [0, 0.05) is 24.5 Å². The lowest BCUT2D eigenvalue weighted by Crippen LogP contribution is -2.14. The number of hydrogen-bond acceptors (Lipinski definition) is 4. The molecule has 2 rings (SSSR count). The summed E-state index contributed by atoms with van der Waals surface area (Å²) in [5, 5.41) is 13.4. The van der Waals surface area contributed by atoms with Crippen molar-refractivity contribution < 1.29 is 14.5 Å². The molecule has 6 nitrogen and oxygen atoms in total. The van der Waals surface area contributed by atoms with E-state index in [0.29, 0.717) is 5.56 Å². The van der Waals surface area contributed by atoms with E-state index in [9.17, 15) is 19.7 Å². The molecule has 0 saturated heterocycles. The Labute approximate surface area is 139 Å². The Morgan fingerprint density at radius 2 is 1.75 bits per heavy atom. The summed E-state index contributed by atoms with van der Waals surface area (Å²) in [7, 11) is 0. The molecule has 124 valence electrons. The zero-order valence-electron chi connectivity index (χ0n) is 13.5. The highest BCUT2D eigenvalue weighted by atomic mass is 16.6. The van der Waals surface area contributed by atoms with E-state index < -0.39 is 10.8 Å². The third-order valence-electron chi connectivity index (χ3n) is 3.78. The Bertz CT molecular complexity index is 799. The zero-order chi connectivity index (χ0) is 17.7. The van der Waals surface area contributed by atoms with Crippen molar-refractivity contribution in [3.8, 4) is 0 Å². The number of anilines is 1. The summed E-state index contributed by atoms with van der Waals surface area (Å²) in [6.07, 6.45) is 0.0206. The first-order valence-electron chi connectivity index (χ1n) is 7.52. The van der Waals surface area contributed by atoms with E-state index in [-0.39, 0.29) is 30.0 Å². The molecule has 0 aliphatic heterocycles. The highest BCUT2D eigenvalue weighted by Crippen LogP contribution is 2.23. The van der Waals surface area contributed by atoms with Crippen LogP contribution in [0.3, 0.4) is 0 Å². The molecule has 0 spiro atoms. The largest absolute Gasteiger partial charge is 0.320 e. The number of rotatable bonds is 6. The molecular formula is C18H18N2O4. The maximum absolute atomic E-state index is 12.2. The first kappa shape index (κ1) is 17.3. The van der Waals surface area contributed by atoms with Gasteiger partial charge in [-0.15, -0.1) is 0 Å². The van der Waals surface area contributed by atoms with E-state index in [1.54, 1.807) is 18.2 Å². The maximum Gasteiger partial charge on any atom is 0.292 e. The number of para-hydroxylation sites is 2. The molecule has 0 heterocycles. The van der Waals surface area contributed by atoms with Crippen LogP contribution >= 0.6 is 0 Å². The van der Waals surface area contributed by atoms with Gasteiger partial charge in [-0.2, -0.15) is 0 Å². The van der Waals surface area contributed by atoms with Crippen LogP contribution in [0.25, 0.3) is 0 Å². The van der Waals surface area contributed by atoms with Crippen molar-refractivity contribution in [3.63, 3.8) is 0 Å². The van der Waals surface area contributed by atoms with Crippen molar-refractivity contribution >= 4 is 23.1 Å². The van der Waals surface area contributed by atoms with Crippen LogP contribution in [-0.2, 0) is 4.79 Å². The molecule has 2 aromatic rings. The monoisotopic (exact) mass is 326 g/mol. The number of carbonyl (C=O) groups excluding carboxylic acids is 2. The number of amides is 1. The number of hydrogen-bond donors (Lipinski definition) is 1. The van der Waals surface area contributed by atoms with Gasteiger partial charge in [-0.3, -0.25) is 19.7 Å². The Morgan fingerprint density at radius 1 is 1.04 bits per heavy atom. The molecule has 6 heteroatoms. The Hall–Kier alpha value is -3.02. The molecule has 0 unspecified atom stereocenters. The third-order valence-corrected chi connectivity index (χ3v) is 3.78. The number of Topliss-reactive ketones (excluding diaryl/α,β-unsaturated/α-hetero) is 1. The van der Waals surface area contributed by atoms with Crippen molar-refractivity contribution in [1.82, 2.24) is 0 Å². The predicted octanol–water partition coefficient (Wildman–Crippen LogP) is 3.81. The van der Waals surface area contributed by atoms with Gasteiger partial charge in [0.05, 0.1) is 4.92 Å². The molecule has 0 aromatic heterocycles. The SMILES string of the molecule is Cc1ccc(C(=O)CCC(=O)Nc2ccccc2[N+](=O)[O-])cc1C. The average molecular weight is 326 g/mol. The van der Waals surface area contributed by atoms with Gasteiger partial charge in [0.1, 0.15) is 5.69 Å². The second-order valence-corrected chi connectivity index (χ2v) is 5.54. The molecular weight excluding hydrogens is 308 g/mol. The number of aryl methyl sites for hydroxylation is 2. The molecule has 0 atom stereocenters. The highest BCUT2D eigenvalue weighted by Gasteiger charge is 2.16. The van der Waals surface area contributed by atoms with Crippen LogP contribution in [-0.4, -0.2) is 16.6 Å². The van der Waals surface area contributed by atoms with Gasteiger partial charge in [0.15, 0.2) is 5.78 Å². The lowest BCUT2D eigenvalue weighted by Gasteiger charge is -2.07. The zero-order valence-corrected chi connectivity index (χ0v) is 13.5. The molecule has 1 N–H and O–H groups in total. The molecule has 0 bridgehead atoms. The predicted molar refractivity (Wildman–Crippen MR) is 91.2 cm³/mol. The minimum atomic E-state index is -0.560. The Kier molecular flexibility index (Phi) is 5.42. The number of ketones is 1. The lowest BCUT2D eigenvalue weighted by atomic mass is 10.0. The molecule has 0 fully saturated rings. The summed E-state index contributed by atoms with van der Waals surface area (Å²) >= 11 is 0. The van der Waals surface area contributed by atoms with Gasteiger partial charge in [-0.1, -0.05) is 24.3 Å². The van der Waals surface area contributed by atoms with E-state index in [0.717, 1.165) is 11.1 Å². The molecule has 0 saturated carbocycles. The van der Waals surface area contributed by atoms with Crippen LogP contribution < -0.4 is 5.32 Å².